The van der Waals surface area contributed by atoms with E-state index in [2.05, 4.69) is 4.90 Å². The summed E-state index contributed by atoms with van der Waals surface area (Å²) in [6.07, 6.45) is 0. The molecule has 18 heavy (non-hydrogen) atoms. The first kappa shape index (κ1) is 10.8. The van der Waals surface area contributed by atoms with Crippen LogP contribution in [-0.4, -0.2) is 19.1 Å². The molecule has 3 rings (SSSR count). The van der Waals surface area contributed by atoms with Crippen LogP contribution in [0.1, 0.15) is 0 Å². The number of carbonyl (C=O) groups excluding carboxylic acids is 1. The summed E-state index contributed by atoms with van der Waals surface area (Å²) in [4.78, 5) is 15.9. The Morgan fingerprint density at radius 1 is 0.778 bits per heavy atom. The first-order chi connectivity index (χ1) is 8.84. The molecule has 0 spiro atoms. The summed E-state index contributed by atoms with van der Waals surface area (Å²) < 4.78 is 0. The fourth-order valence-corrected chi connectivity index (χ4v) is 2.19. The number of para-hydroxylation sites is 2. The van der Waals surface area contributed by atoms with E-state index in [1.807, 2.05) is 65.6 Å². The maximum Gasteiger partial charge on any atom is 0.248 e. The van der Waals surface area contributed by atoms with Gasteiger partial charge in [-0.25, -0.2) is 0 Å². The normalized spacial score (nSPS) is 15.2. The molecule has 0 radical (unpaired) electrons. The third-order valence-corrected chi connectivity index (χ3v) is 3.13. The highest BCUT2D eigenvalue weighted by molar-refractivity contribution is 5.99. The van der Waals surface area contributed by atoms with E-state index in [4.69, 9.17) is 0 Å². The van der Waals surface area contributed by atoms with E-state index in [-0.39, 0.29) is 5.91 Å². The van der Waals surface area contributed by atoms with Crippen molar-refractivity contribution < 1.29 is 4.79 Å². The van der Waals surface area contributed by atoms with Gasteiger partial charge in [-0.05, 0) is 24.3 Å². The molecular formula is C15H14N2O. The Bertz CT molecular complexity index is 539. The average molecular weight is 238 g/mol. The van der Waals surface area contributed by atoms with Gasteiger partial charge in [-0.3, -0.25) is 9.69 Å². The van der Waals surface area contributed by atoms with Gasteiger partial charge in [0.15, 0.2) is 0 Å². The van der Waals surface area contributed by atoms with Crippen LogP contribution in [0, 0.1) is 0 Å². The lowest BCUT2D eigenvalue weighted by Crippen LogP contribution is -2.26. The minimum atomic E-state index is 0.144. The number of amides is 1. The summed E-state index contributed by atoms with van der Waals surface area (Å²) in [5.41, 5.74) is 2.05. The van der Waals surface area contributed by atoms with Gasteiger partial charge in [0.05, 0.1) is 13.2 Å². The predicted octanol–water partition coefficient (Wildman–Crippen LogP) is 2.50. The molecule has 0 unspecified atom stereocenters. The molecule has 90 valence electrons. The fourth-order valence-electron chi connectivity index (χ4n) is 2.19. The minimum Gasteiger partial charge on any atom is -0.344 e. The van der Waals surface area contributed by atoms with E-state index in [9.17, 15) is 4.79 Å². The van der Waals surface area contributed by atoms with Crippen molar-refractivity contribution in [3.8, 4) is 0 Å². The van der Waals surface area contributed by atoms with Gasteiger partial charge in [0.2, 0.25) is 5.91 Å². The number of hydrogen-bond acceptors (Lipinski definition) is 2. The Labute approximate surface area is 106 Å². The van der Waals surface area contributed by atoms with Gasteiger partial charge in [-0.2, -0.15) is 0 Å². The maximum atomic E-state index is 12.0. The van der Waals surface area contributed by atoms with Gasteiger partial charge < -0.3 is 4.90 Å². The molecule has 3 heteroatoms. The monoisotopic (exact) mass is 238 g/mol. The zero-order chi connectivity index (χ0) is 12.4. The van der Waals surface area contributed by atoms with Crippen molar-refractivity contribution >= 4 is 17.3 Å². The van der Waals surface area contributed by atoms with Crippen LogP contribution in [0.25, 0.3) is 0 Å². The average Bonchev–Trinajstić information content (AvgIpc) is 2.83. The molecule has 0 N–H and O–H groups in total. The third kappa shape index (κ3) is 1.95. The molecule has 0 saturated carbocycles. The molecule has 0 aromatic heterocycles. The number of benzene rings is 2. The molecule has 0 atom stereocenters. The summed E-state index contributed by atoms with van der Waals surface area (Å²) in [5, 5.41) is 0. The summed E-state index contributed by atoms with van der Waals surface area (Å²) in [5.74, 6) is 0.144. The van der Waals surface area contributed by atoms with E-state index in [1.165, 1.54) is 0 Å². The largest absolute Gasteiger partial charge is 0.344 e. The molecular weight excluding hydrogens is 224 g/mol. The number of hydrogen-bond donors (Lipinski definition) is 0. The molecule has 1 saturated heterocycles. The standard InChI is InChI=1S/C15H14N2O/c18-15-11-16(13-7-3-1-4-8-13)12-17(15)14-9-5-2-6-10-14/h1-10H,11-12H2. The fraction of sp³-hybridized carbons (Fsp3) is 0.133. The lowest BCUT2D eigenvalue weighted by molar-refractivity contribution is -0.115. The molecule has 0 aliphatic carbocycles. The quantitative estimate of drug-likeness (QED) is 0.802. The van der Waals surface area contributed by atoms with Crippen LogP contribution in [0.4, 0.5) is 11.4 Å². The third-order valence-electron chi connectivity index (χ3n) is 3.13. The zero-order valence-corrected chi connectivity index (χ0v) is 9.99. The van der Waals surface area contributed by atoms with E-state index in [0.717, 1.165) is 11.4 Å². The second-order valence-electron chi connectivity index (χ2n) is 4.33. The van der Waals surface area contributed by atoms with Crippen molar-refractivity contribution in [3.05, 3.63) is 60.7 Å². The van der Waals surface area contributed by atoms with E-state index in [1.54, 1.807) is 0 Å². The van der Waals surface area contributed by atoms with Crippen molar-refractivity contribution in [2.45, 2.75) is 0 Å². The molecule has 2 aromatic carbocycles. The van der Waals surface area contributed by atoms with Crippen molar-refractivity contribution in [3.63, 3.8) is 0 Å². The Hall–Kier alpha value is -2.29. The smallest absolute Gasteiger partial charge is 0.248 e. The molecule has 1 fully saturated rings. The van der Waals surface area contributed by atoms with Crippen LogP contribution in [-0.2, 0) is 4.79 Å². The zero-order valence-electron chi connectivity index (χ0n) is 9.99. The van der Waals surface area contributed by atoms with Gasteiger partial charge >= 0.3 is 0 Å². The lowest BCUT2D eigenvalue weighted by Gasteiger charge is -2.19. The molecule has 1 aliphatic rings. The van der Waals surface area contributed by atoms with Crippen molar-refractivity contribution in [1.29, 1.82) is 0 Å². The van der Waals surface area contributed by atoms with Crippen LogP contribution in [0.15, 0.2) is 60.7 Å². The van der Waals surface area contributed by atoms with Crippen molar-refractivity contribution in [1.82, 2.24) is 0 Å². The topological polar surface area (TPSA) is 23.6 Å². The highest BCUT2D eigenvalue weighted by Crippen LogP contribution is 2.23. The Morgan fingerprint density at radius 3 is 1.94 bits per heavy atom. The number of carbonyl (C=O) groups is 1. The molecule has 0 bridgehead atoms. The highest BCUT2D eigenvalue weighted by atomic mass is 16.2. The lowest BCUT2D eigenvalue weighted by atomic mass is 10.3. The summed E-state index contributed by atoms with van der Waals surface area (Å²) in [6.45, 7) is 1.06. The van der Waals surface area contributed by atoms with Crippen molar-refractivity contribution in [2.75, 3.05) is 23.0 Å². The first-order valence-corrected chi connectivity index (χ1v) is 6.00. The molecule has 2 aromatic rings. The van der Waals surface area contributed by atoms with Crippen LogP contribution in [0.2, 0.25) is 0 Å². The van der Waals surface area contributed by atoms with E-state index >= 15 is 0 Å². The van der Waals surface area contributed by atoms with Crippen LogP contribution in [0.3, 0.4) is 0 Å². The molecule has 1 aliphatic heterocycles. The maximum absolute atomic E-state index is 12.0. The number of nitrogens with zero attached hydrogens (tertiary/aromatic N) is 2. The Kier molecular flexibility index (Phi) is 2.73. The Balaban J connectivity index is 1.83. The second kappa shape index (κ2) is 4.53. The molecule has 1 heterocycles. The highest BCUT2D eigenvalue weighted by Gasteiger charge is 2.28. The number of rotatable bonds is 2. The van der Waals surface area contributed by atoms with Crippen molar-refractivity contribution in [2.24, 2.45) is 0 Å². The summed E-state index contributed by atoms with van der Waals surface area (Å²) in [6, 6.07) is 19.8. The van der Waals surface area contributed by atoms with Crippen LogP contribution < -0.4 is 9.80 Å². The van der Waals surface area contributed by atoms with Crippen LogP contribution >= 0.6 is 0 Å². The predicted molar refractivity (Wildman–Crippen MR) is 72.6 cm³/mol. The molecule has 3 nitrogen and oxygen atoms in total. The second-order valence-corrected chi connectivity index (χ2v) is 4.33. The summed E-state index contributed by atoms with van der Waals surface area (Å²) >= 11 is 0. The Morgan fingerprint density at radius 2 is 1.33 bits per heavy atom. The minimum absolute atomic E-state index is 0.144. The van der Waals surface area contributed by atoms with Gasteiger partial charge in [-0.15, -0.1) is 0 Å². The molecule has 1 amide bonds. The van der Waals surface area contributed by atoms with Gasteiger partial charge in [0.1, 0.15) is 0 Å². The first-order valence-electron chi connectivity index (χ1n) is 6.00. The van der Waals surface area contributed by atoms with Gasteiger partial charge in [0, 0.05) is 11.4 Å². The SMILES string of the molecule is O=C1CN(c2ccccc2)CN1c1ccccc1. The van der Waals surface area contributed by atoms with Gasteiger partial charge in [-0.1, -0.05) is 36.4 Å². The van der Waals surface area contributed by atoms with Gasteiger partial charge in [0.25, 0.3) is 0 Å². The van der Waals surface area contributed by atoms with E-state index in [0.29, 0.717) is 13.2 Å². The number of anilines is 2. The summed E-state index contributed by atoms with van der Waals surface area (Å²) in [7, 11) is 0. The van der Waals surface area contributed by atoms with E-state index < -0.39 is 0 Å². The van der Waals surface area contributed by atoms with Crippen LogP contribution in [0.5, 0.6) is 0 Å².